The van der Waals surface area contributed by atoms with E-state index in [2.05, 4.69) is 5.10 Å². The first-order chi connectivity index (χ1) is 11.4. The van der Waals surface area contributed by atoms with Crippen LogP contribution >= 0.6 is 23.6 Å². The van der Waals surface area contributed by atoms with Crippen molar-refractivity contribution in [2.45, 2.75) is 19.3 Å². The molecule has 6 nitrogen and oxygen atoms in total. The van der Waals surface area contributed by atoms with Gasteiger partial charge in [-0.05, 0) is 24.7 Å². The summed E-state index contributed by atoms with van der Waals surface area (Å²) in [6.07, 6.45) is 0. The number of aromatic nitrogens is 2. The highest BCUT2D eigenvalue weighted by molar-refractivity contribution is 7.88. The molecule has 1 aliphatic rings. The van der Waals surface area contributed by atoms with E-state index >= 15 is 0 Å². The van der Waals surface area contributed by atoms with Crippen molar-refractivity contribution >= 4 is 33.6 Å². The lowest BCUT2D eigenvalue weighted by Gasteiger charge is -2.31. The van der Waals surface area contributed by atoms with Gasteiger partial charge in [-0.15, -0.1) is 0 Å². The van der Waals surface area contributed by atoms with Gasteiger partial charge in [0.05, 0.1) is 31.9 Å². The number of piperazine rings is 1. The molecule has 1 fully saturated rings. The summed E-state index contributed by atoms with van der Waals surface area (Å²) in [6, 6.07) is 9.33. The summed E-state index contributed by atoms with van der Waals surface area (Å²) in [4.78, 5) is 1.31. The summed E-state index contributed by atoms with van der Waals surface area (Å²) >= 11 is 6.81. The Morgan fingerprint density at radius 3 is 2.50 bits per heavy atom. The van der Waals surface area contributed by atoms with Crippen LogP contribution in [0.3, 0.4) is 0 Å². The number of benzene rings is 1. The highest BCUT2D eigenvalue weighted by atomic mass is 32.2. The molecule has 0 atom stereocenters. The lowest BCUT2D eigenvalue weighted by Crippen LogP contribution is -3.14. The Labute approximate surface area is 151 Å². The van der Waals surface area contributed by atoms with Gasteiger partial charge in [0.2, 0.25) is 10.0 Å². The maximum atomic E-state index is 12.6. The molecule has 3 rings (SSSR count). The monoisotopic (exact) mass is 385 g/mol. The van der Waals surface area contributed by atoms with Gasteiger partial charge in [0.25, 0.3) is 0 Å². The van der Waals surface area contributed by atoms with Gasteiger partial charge in [-0.2, -0.15) is 14.1 Å². The summed E-state index contributed by atoms with van der Waals surface area (Å²) < 4.78 is 29.4. The standard InChI is InChI=1S/C15H20N4O2S3/c1-13-16-19(15(22)23-13)12-17-7-9-18(10-8-17)24(20,21)11-14-5-3-2-4-6-14/h2-6H,7-12H2,1H3/p+1. The second-order valence-electron chi connectivity index (χ2n) is 5.94. The normalized spacial score (nSPS) is 17.2. The minimum absolute atomic E-state index is 0.0690. The van der Waals surface area contributed by atoms with Crippen LogP contribution < -0.4 is 4.90 Å². The van der Waals surface area contributed by atoms with E-state index in [1.807, 2.05) is 41.9 Å². The number of hydrogen-bond donors (Lipinski definition) is 1. The third-order valence-corrected chi connectivity index (χ3v) is 7.17. The summed E-state index contributed by atoms with van der Waals surface area (Å²) in [7, 11) is -3.26. The van der Waals surface area contributed by atoms with Crippen LogP contribution in [0, 0.1) is 10.9 Å². The molecule has 0 spiro atoms. The lowest BCUT2D eigenvalue weighted by atomic mass is 10.2. The average molecular weight is 386 g/mol. The summed E-state index contributed by atoms with van der Waals surface area (Å²) in [5, 5.41) is 5.37. The molecule has 0 aliphatic carbocycles. The molecular weight excluding hydrogens is 364 g/mol. The first-order valence-corrected chi connectivity index (χ1v) is 10.7. The summed E-state index contributed by atoms with van der Waals surface area (Å²) in [6.45, 7) is 5.27. The average Bonchev–Trinajstić information content (AvgIpc) is 2.86. The molecule has 0 bridgehead atoms. The van der Waals surface area contributed by atoms with Crippen LogP contribution in [0.15, 0.2) is 30.3 Å². The fourth-order valence-electron chi connectivity index (χ4n) is 2.84. The lowest BCUT2D eigenvalue weighted by molar-refractivity contribution is -0.926. The molecule has 0 amide bonds. The molecule has 9 heteroatoms. The van der Waals surface area contributed by atoms with Crippen LogP contribution in [0.5, 0.6) is 0 Å². The number of rotatable bonds is 5. The van der Waals surface area contributed by atoms with Gasteiger partial charge in [-0.25, -0.2) is 8.42 Å². The highest BCUT2D eigenvalue weighted by Gasteiger charge is 2.29. The second-order valence-corrected chi connectivity index (χ2v) is 9.73. The van der Waals surface area contributed by atoms with Gasteiger partial charge < -0.3 is 4.90 Å². The van der Waals surface area contributed by atoms with Crippen molar-refractivity contribution in [2.24, 2.45) is 0 Å². The van der Waals surface area contributed by atoms with Crippen molar-refractivity contribution in [3.8, 4) is 0 Å². The smallest absolute Gasteiger partial charge is 0.218 e. The maximum Gasteiger partial charge on any atom is 0.218 e. The summed E-state index contributed by atoms with van der Waals surface area (Å²) in [5.74, 6) is 0.0690. The number of aryl methyl sites for hydroxylation is 1. The molecular formula is C15H21N4O2S3+. The number of sulfonamides is 1. The Kier molecular flexibility index (Phi) is 5.46. The third-order valence-electron chi connectivity index (χ3n) is 4.10. The molecule has 1 aliphatic heterocycles. The number of hydrogen-bond acceptors (Lipinski definition) is 5. The van der Waals surface area contributed by atoms with Gasteiger partial charge in [-0.3, -0.25) is 0 Å². The van der Waals surface area contributed by atoms with Crippen molar-refractivity contribution in [1.82, 2.24) is 14.1 Å². The molecule has 0 radical (unpaired) electrons. The summed E-state index contributed by atoms with van der Waals surface area (Å²) in [5.41, 5.74) is 0.830. The van der Waals surface area contributed by atoms with Crippen molar-refractivity contribution < 1.29 is 13.3 Å². The molecule has 24 heavy (non-hydrogen) atoms. The molecule has 0 saturated carbocycles. The fraction of sp³-hybridized carbons (Fsp3) is 0.467. The van der Waals surface area contributed by atoms with Gasteiger partial charge in [0.15, 0.2) is 10.6 Å². The minimum Gasteiger partial charge on any atom is -0.314 e. The Balaban J connectivity index is 1.58. The van der Waals surface area contributed by atoms with Crippen LogP contribution in [0.25, 0.3) is 0 Å². The number of nitrogens with zero attached hydrogens (tertiary/aromatic N) is 3. The van der Waals surface area contributed by atoms with Gasteiger partial charge >= 0.3 is 0 Å². The molecule has 2 heterocycles. The van der Waals surface area contributed by atoms with E-state index in [0.29, 0.717) is 19.8 Å². The Morgan fingerprint density at radius 2 is 1.92 bits per heavy atom. The van der Waals surface area contributed by atoms with E-state index in [0.717, 1.165) is 27.6 Å². The highest BCUT2D eigenvalue weighted by Crippen LogP contribution is 2.11. The molecule has 1 aromatic carbocycles. The minimum atomic E-state index is -3.26. The predicted molar refractivity (Wildman–Crippen MR) is 97.0 cm³/mol. The molecule has 2 aromatic rings. The fourth-order valence-corrected chi connectivity index (χ4v) is 5.44. The molecule has 1 N–H and O–H groups in total. The van der Waals surface area contributed by atoms with Gasteiger partial charge in [0, 0.05) is 0 Å². The van der Waals surface area contributed by atoms with E-state index in [-0.39, 0.29) is 5.75 Å². The first-order valence-electron chi connectivity index (χ1n) is 7.84. The zero-order chi connectivity index (χ0) is 17.2. The largest absolute Gasteiger partial charge is 0.314 e. The number of nitrogens with one attached hydrogen (secondary N) is 1. The van der Waals surface area contributed by atoms with E-state index < -0.39 is 10.0 Å². The van der Waals surface area contributed by atoms with Crippen LogP contribution in [0.1, 0.15) is 10.6 Å². The quantitative estimate of drug-likeness (QED) is 0.769. The van der Waals surface area contributed by atoms with E-state index in [9.17, 15) is 8.42 Å². The van der Waals surface area contributed by atoms with E-state index in [1.165, 1.54) is 16.2 Å². The number of quaternary nitrogens is 1. The topological polar surface area (TPSA) is 59.6 Å². The second kappa shape index (κ2) is 7.40. The first kappa shape index (κ1) is 17.7. The van der Waals surface area contributed by atoms with Crippen molar-refractivity contribution in [3.63, 3.8) is 0 Å². The van der Waals surface area contributed by atoms with E-state index in [4.69, 9.17) is 12.2 Å². The van der Waals surface area contributed by atoms with Gasteiger partial charge in [0.1, 0.15) is 5.01 Å². The zero-order valence-corrected chi connectivity index (χ0v) is 16.0. The molecule has 1 saturated heterocycles. The SMILES string of the molecule is Cc1nn(C[NH+]2CCN(S(=O)(=O)Cc3ccccc3)CC2)c(=S)s1. The third kappa shape index (κ3) is 4.28. The predicted octanol–water partition coefficient (Wildman–Crippen LogP) is 0.671. The van der Waals surface area contributed by atoms with Crippen LogP contribution in [0.2, 0.25) is 0 Å². The molecule has 1 aromatic heterocycles. The van der Waals surface area contributed by atoms with Gasteiger partial charge in [-0.1, -0.05) is 41.7 Å². The molecule has 130 valence electrons. The maximum absolute atomic E-state index is 12.6. The molecule has 0 unspecified atom stereocenters. The Bertz CT molecular complexity index is 837. The van der Waals surface area contributed by atoms with Crippen molar-refractivity contribution in [3.05, 3.63) is 44.9 Å². The Morgan fingerprint density at radius 1 is 1.25 bits per heavy atom. The van der Waals surface area contributed by atoms with Crippen molar-refractivity contribution in [2.75, 3.05) is 26.2 Å². The Hall–Kier alpha value is -1.13. The zero-order valence-electron chi connectivity index (χ0n) is 13.5. The van der Waals surface area contributed by atoms with Crippen LogP contribution in [-0.2, 0) is 22.4 Å². The van der Waals surface area contributed by atoms with Crippen LogP contribution in [-0.4, -0.2) is 48.7 Å². The van der Waals surface area contributed by atoms with Crippen LogP contribution in [0.4, 0.5) is 0 Å². The van der Waals surface area contributed by atoms with E-state index in [1.54, 1.807) is 4.31 Å². The van der Waals surface area contributed by atoms with Crippen molar-refractivity contribution in [1.29, 1.82) is 0 Å².